The van der Waals surface area contributed by atoms with Crippen LogP contribution in [-0.4, -0.2) is 28.5 Å². The number of primary amides is 1. The summed E-state index contributed by atoms with van der Waals surface area (Å²) in [7, 11) is 0. The molecule has 5 nitrogen and oxygen atoms in total. The van der Waals surface area contributed by atoms with Crippen LogP contribution in [-0.2, 0) is 4.79 Å². The normalized spacial score (nSPS) is 18.7. The third kappa shape index (κ3) is 2.27. The van der Waals surface area contributed by atoms with Crippen LogP contribution >= 0.6 is 23.2 Å². The molecule has 0 saturated carbocycles. The van der Waals surface area contributed by atoms with Gasteiger partial charge in [0.25, 0.3) is 0 Å². The summed E-state index contributed by atoms with van der Waals surface area (Å²) in [5, 5.41) is 0.871. The van der Waals surface area contributed by atoms with E-state index in [2.05, 4.69) is 9.97 Å². The number of anilines is 1. The minimum Gasteiger partial charge on any atom is -0.368 e. The molecule has 0 unspecified atom stereocenters. The molecule has 3 rings (SSSR count). The topological polar surface area (TPSA) is 72.1 Å². The highest BCUT2D eigenvalue weighted by atomic mass is 35.5. The van der Waals surface area contributed by atoms with Crippen LogP contribution in [0.1, 0.15) is 12.8 Å². The second kappa shape index (κ2) is 5.07. The van der Waals surface area contributed by atoms with Crippen LogP contribution in [0.2, 0.25) is 10.0 Å². The van der Waals surface area contributed by atoms with Gasteiger partial charge in [-0.05, 0) is 25.0 Å². The van der Waals surface area contributed by atoms with Gasteiger partial charge in [-0.2, -0.15) is 0 Å². The molecule has 2 heterocycles. The highest BCUT2D eigenvalue weighted by Gasteiger charge is 2.30. The summed E-state index contributed by atoms with van der Waals surface area (Å²) in [6, 6.07) is 3.03. The summed E-state index contributed by atoms with van der Waals surface area (Å²) in [6.45, 7) is 0.745. The predicted octanol–water partition coefficient (Wildman–Crippen LogP) is 2.39. The Kier molecular flexibility index (Phi) is 3.40. The number of benzene rings is 1. The molecule has 1 aliphatic rings. The zero-order valence-corrected chi connectivity index (χ0v) is 12.0. The van der Waals surface area contributed by atoms with E-state index in [0.717, 1.165) is 19.4 Å². The van der Waals surface area contributed by atoms with Crippen LogP contribution in [0.3, 0.4) is 0 Å². The van der Waals surface area contributed by atoms with Gasteiger partial charge in [-0.1, -0.05) is 23.2 Å². The number of fused-ring (bicyclic) bond motifs is 1. The summed E-state index contributed by atoms with van der Waals surface area (Å²) < 4.78 is 0. The van der Waals surface area contributed by atoms with Crippen LogP contribution in [0, 0.1) is 0 Å². The molecule has 7 heteroatoms. The molecule has 1 aromatic carbocycles. The molecule has 20 heavy (non-hydrogen) atoms. The van der Waals surface area contributed by atoms with Gasteiger partial charge in [0.2, 0.25) is 5.91 Å². The minimum absolute atomic E-state index is 0.315. The van der Waals surface area contributed by atoms with Gasteiger partial charge in [-0.3, -0.25) is 9.78 Å². The summed E-state index contributed by atoms with van der Waals surface area (Å²) in [5.41, 5.74) is 6.72. The molecule has 2 N–H and O–H groups in total. The molecule has 1 aliphatic heterocycles. The highest BCUT2D eigenvalue weighted by molar-refractivity contribution is 6.42. The number of rotatable bonds is 2. The molecule has 1 fully saturated rings. The van der Waals surface area contributed by atoms with Crippen molar-refractivity contribution in [3.63, 3.8) is 0 Å². The van der Waals surface area contributed by atoms with Crippen LogP contribution in [0.15, 0.2) is 18.3 Å². The molecule has 0 aliphatic carbocycles. The lowest BCUT2D eigenvalue weighted by Gasteiger charge is -2.23. The Balaban J connectivity index is 2.04. The maximum absolute atomic E-state index is 11.4. The highest BCUT2D eigenvalue weighted by Crippen LogP contribution is 2.29. The van der Waals surface area contributed by atoms with Crippen molar-refractivity contribution in [3.8, 4) is 0 Å². The third-order valence-corrected chi connectivity index (χ3v) is 4.17. The number of carbonyl (C=O) groups excluding carboxylic acids is 1. The second-order valence-corrected chi connectivity index (χ2v) is 5.55. The first-order chi connectivity index (χ1) is 9.56. The molecular weight excluding hydrogens is 299 g/mol. The van der Waals surface area contributed by atoms with Gasteiger partial charge in [-0.25, -0.2) is 4.98 Å². The average molecular weight is 311 g/mol. The second-order valence-electron chi connectivity index (χ2n) is 4.74. The standard InChI is InChI=1S/C13H12Cl2N4O/c14-7-4-9-10(5-8(7)15)18-12(6-17-9)19-3-1-2-11(19)13(16)20/h4-6,11H,1-3H2,(H2,16,20)/t11-/m0/s1. The van der Waals surface area contributed by atoms with Crippen molar-refractivity contribution in [1.29, 1.82) is 0 Å². The quantitative estimate of drug-likeness (QED) is 0.924. The molecule has 104 valence electrons. The van der Waals surface area contributed by atoms with E-state index in [1.54, 1.807) is 18.3 Å². The number of aromatic nitrogens is 2. The molecular formula is C13H12Cl2N4O. The SMILES string of the molecule is NC(=O)[C@@H]1CCCN1c1cnc2cc(Cl)c(Cl)cc2n1. The lowest BCUT2D eigenvalue weighted by molar-refractivity contribution is -0.119. The Morgan fingerprint density at radius 1 is 1.30 bits per heavy atom. The first kappa shape index (κ1) is 13.4. The van der Waals surface area contributed by atoms with Gasteiger partial charge in [0, 0.05) is 6.54 Å². The van der Waals surface area contributed by atoms with Gasteiger partial charge in [0.1, 0.15) is 11.9 Å². The van der Waals surface area contributed by atoms with Crippen LogP contribution in [0.5, 0.6) is 0 Å². The third-order valence-electron chi connectivity index (χ3n) is 3.45. The van der Waals surface area contributed by atoms with E-state index in [9.17, 15) is 4.79 Å². The Labute approximate surface area is 125 Å². The number of halogens is 2. The lowest BCUT2D eigenvalue weighted by Crippen LogP contribution is -2.40. The zero-order chi connectivity index (χ0) is 14.3. The molecule has 1 amide bonds. The zero-order valence-electron chi connectivity index (χ0n) is 10.5. The summed E-state index contributed by atoms with van der Waals surface area (Å²) in [5.74, 6) is 0.302. The monoisotopic (exact) mass is 310 g/mol. The van der Waals surface area contributed by atoms with Crippen LogP contribution in [0.4, 0.5) is 5.82 Å². The summed E-state index contributed by atoms with van der Waals surface area (Å²) in [6.07, 6.45) is 3.29. The van der Waals surface area contributed by atoms with E-state index in [4.69, 9.17) is 28.9 Å². The molecule has 1 saturated heterocycles. The maximum atomic E-state index is 11.4. The van der Waals surface area contributed by atoms with E-state index in [-0.39, 0.29) is 11.9 Å². The Hall–Kier alpha value is -1.59. The molecule has 1 aromatic heterocycles. The first-order valence-corrected chi connectivity index (χ1v) is 6.99. The van der Waals surface area contributed by atoms with Gasteiger partial charge >= 0.3 is 0 Å². The van der Waals surface area contributed by atoms with Crippen molar-refractivity contribution in [2.45, 2.75) is 18.9 Å². The lowest BCUT2D eigenvalue weighted by atomic mass is 10.2. The van der Waals surface area contributed by atoms with Gasteiger partial charge in [0.05, 0.1) is 27.3 Å². The number of carbonyl (C=O) groups is 1. The molecule has 2 aromatic rings. The number of hydrogen-bond acceptors (Lipinski definition) is 4. The number of nitrogens with zero attached hydrogens (tertiary/aromatic N) is 3. The summed E-state index contributed by atoms with van der Waals surface area (Å²) in [4.78, 5) is 22.2. The minimum atomic E-state index is -0.335. The molecule has 0 bridgehead atoms. The van der Waals surface area contributed by atoms with E-state index < -0.39 is 0 Å². The van der Waals surface area contributed by atoms with E-state index >= 15 is 0 Å². The van der Waals surface area contributed by atoms with Crippen molar-refractivity contribution >= 4 is 46.0 Å². The maximum Gasteiger partial charge on any atom is 0.240 e. The fraction of sp³-hybridized carbons (Fsp3) is 0.308. The molecule has 0 radical (unpaired) electrons. The fourth-order valence-electron chi connectivity index (χ4n) is 2.47. The summed E-state index contributed by atoms with van der Waals surface area (Å²) >= 11 is 11.9. The van der Waals surface area contributed by atoms with Gasteiger partial charge in [-0.15, -0.1) is 0 Å². The van der Waals surface area contributed by atoms with E-state index in [1.165, 1.54) is 0 Å². The van der Waals surface area contributed by atoms with Crippen molar-refractivity contribution in [2.75, 3.05) is 11.4 Å². The smallest absolute Gasteiger partial charge is 0.240 e. The first-order valence-electron chi connectivity index (χ1n) is 6.24. The fourth-order valence-corrected chi connectivity index (χ4v) is 2.79. The Morgan fingerprint density at radius 2 is 2.00 bits per heavy atom. The van der Waals surface area contributed by atoms with Crippen molar-refractivity contribution in [1.82, 2.24) is 9.97 Å². The van der Waals surface area contributed by atoms with Gasteiger partial charge < -0.3 is 10.6 Å². The number of hydrogen-bond donors (Lipinski definition) is 1. The number of nitrogens with two attached hydrogens (primary N) is 1. The largest absolute Gasteiger partial charge is 0.368 e. The molecule has 1 atom stereocenters. The van der Waals surface area contributed by atoms with Gasteiger partial charge in [0.15, 0.2) is 0 Å². The van der Waals surface area contributed by atoms with E-state index in [1.807, 2.05) is 4.90 Å². The van der Waals surface area contributed by atoms with Crippen LogP contribution < -0.4 is 10.6 Å². The average Bonchev–Trinajstić information content (AvgIpc) is 2.89. The van der Waals surface area contributed by atoms with E-state index in [0.29, 0.717) is 26.9 Å². The predicted molar refractivity (Wildman–Crippen MR) is 79.1 cm³/mol. The van der Waals surface area contributed by atoms with Crippen molar-refractivity contribution in [3.05, 3.63) is 28.4 Å². The Bertz CT molecular complexity index is 691. The Morgan fingerprint density at radius 3 is 2.70 bits per heavy atom. The number of amides is 1. The van der Waals surface area contributed by atoms with Crippen molar-refractivity contribution in [2.24, 2.45) is 5.73 Å². The van der Waals surface area contributed by atoms with Crippen molar-refractivity contribution < 1.29 is 4.79 Å². The van der Waals surface area contributed by atoms with Crippen LogP contribution in [0.25, 0.3) is 11.0 Å². The molecule has 0 spiro atoms.